The van der Waals surface area contributed by atoms with Gasteiger partial charge in [-0.25, -0.2) is 8.42 Å². The predicted molar refractivity (Wildman–Crippen MR) is 58.7 cm³/mol. The van der Waals surface area contributed by atoms with Gasteiger partial charge in [-0.2, -0.15) is 11.8 Å². The van der Waals surface area contributed by atoms with Gasteiger partial charge in [-0.05, 0) is 12.2 Å². The Labute approximate surface area is 84.7 Å². The summed E-state index contributed by atoms with van der Waals surface area (Å²) in [5.41, 5.74) is 0. The van der Waals surface area contributed by atoms with Crippen molar-refractivity contribution < 1.29 is 8.42 Å². The van der Waals surface area contributed by atoms with Crippen molar-refractivity contribution in [2.45, 2.75) is 31.4 Å². The summed E-state index contributed by atoms with van der Waals surface area (Å²) in [6.45, 7) is 2.17. The van der Waals surface area contributed by atoms with Gasteiger partial charge in [0.05, 0.1) is 5.75 Å². The minimum absolute atomic E-state index is 0.210. The van der Waals surface area contributed by atoms with Gasteiger partial charge in [0.2, 0.25) is 0 Å². The third-order valence-corrected chi connectivity index (χ3v) is 4.86. The average molecular weight is 220 g/mol. The summed E-state index contributed by atoms with van der Waals surface area (Å²) in [5, 5.41) is 1.56. The first kappa shape index (κ1) is 11.1. The van der Waals surface area contributed by atoms with E-state index >= 15 is 0 Å². The van der Waals surface area contributed by atoms with Gasteiger partial charge in [0.1, 0.15) is 0 Å². The van der Waals surface area contributed by atoms with Crippen LogP contribution in [0.2, 0.25) is 0 Å². The molecule has 1 rings (SSSR count). The molecule has 0 N–H and O–H groups in total. The largest absolute Gasteiger partial charge is 0.224 e. The summed E-state index contributed by atoms with van der Waals surface area (Å²) in [6.07, 6.45) is 5.48. The van der Waals surface area contributed by atoms with Crippen molar-refractivity contribution in [2.75, 3.05) is 11.5 Å². The standard InChI is InChI=1S/C9H16O2S2/c1-2-3-4-6-12-9-5-7-13(10,11)8-9/h5,7,9H,2-4,6,8H2,1H3. The molecule has 76 valence electrons. The third kappa shape index (κ3) is 4.18. The molecule has 0 radical (unpaired) electrons. The Morgan fingerprint density at radius 1 is 1.46 bits per heavy atom. The number of thioether (sulfide) groups is 1. The number of hydrogen-bond acceptors (Lipinski definition) is 3. The Morgan fingerprint density at radius 2 is 2.23 bits per heavy atom. The molecule has 4 heteroatoms. The maximum Gasteiger partial charge on any atom is 0.172 e. The minimum Gasteiger partial charge on any atom is -0.224 e. The molecule has 0 bridgehead atoms. The van der Waals surface area contributed by atoms with E-state index < -0.39 is 9.84 Å². The van der Waals surface area contributed by atoms with Gasteiger partial charge in [-0.1, -0.05) is 25.8 Å². The van der Waals surface area contributed by atoms with Crippen molar-refractivity contribution >= 4 is 21.6 Å². The van der Waals surface area contributed by atoms with Crippen LogP contribution in [0.1, 0.15) is 26.2 Å². The highest BCUT2D eigenvalue weighted by atomic mass is 32.2. The highest BCUT2D eigenvalue weighted by Gasteiger charge is 2.21. The summed E-state index contributed by atoms with van der Waals surface area (Å²) in [5.74, 6) is 1.39. The Morgan fingerprint density at radius 3 is 2.77 bits per heavy atom. The van der Waals surface area contributed by atoms with E-state index in [-0.39, 0.29) is 5.25 Å². The molecule has 1 unspecified atom stereocenters. The number of hydrogen-bond donors (Lipinski definition) is 0. The molecule has 0 aromatic carbocycles. The van der Waals surface area contributed by atoms with Crippen molar-refractivity contribution in [1.82, 2.24) is 0 Å². The summed E-state index contributed by atoms with van der Waals surface area (Å²) >= 11 is 1.76. The van der Waals surface area contributed by atoms with E-state index in [1.807, 2.05) is 6.08 Å². The maximum absolute atomic E-state index is 11.0. The molecule has 1 aliphatic rings. The molecule has 1 heterocycles. The van der Waals surface area contributed by atoms with Crippen LogP contribution in [-0.4, -0.2) is 25.2 Å². The molecular weight excluding hydrogens is 204 g/mol. The number of rotatable bonds is 5. The van der Waals surface area contributed by atoms with Crippen molar-refractivity contribution in [2.24, 2.45) is 0 Å². The van der Waals surface area contributed by atoms with Crippen LogP contribution in [0, 0.1) is 0 Å². The monoisotopic (exact) mass is 220 g/mol. The molecular formula is C9H16O2S2. The second-order valence-electron chi connectivity index (χ2n) is 3.27. The zero-order chi connectivity index (χ0) is 9.73. The quantitative estimate of drug-likeness (QED) is 0.666. The Hall–Kier alpha value is 0.0400. The van der Waals surface area contributed by atoms with Crippen molar-refractivity contribution in [3.8, 4) is 0 Å². The molecule has 2 nitrogen and oxygen atoms in total. The average Bonchev–Trinajstić information content (AvgIpc) is 2.40. The van der Waals surface area contributed by atoms with Crippen LogP contribution in [0.25, 0.3) is 0 Å². The van der Waals surface area contributed by atoms with E-state index in [1.54, 1.807) is 11.8 Å². The van der Waals surface area contributed by atoms with E-state index in [0.29, 0.717) is 5.75 Å². The fourth-order valence-electron chi connectivity index (χ4n) is 1.24. The second-order valence-corrected chi connectivity index (χ2v) is 6.55. The molecule has 0 spiro atoms. The van der Waals surface area contributed by atoms with Gasteiger partial charge >= 0.3 is 0 Å². The molecule has 0 saturated carbocycles. The smallest absolute Gasteiger partial charge is 0.172 e. The van der Waals surface area contributed by atoms with Crippen LogP contribution < -0.4 is 0 Å². The summed E-state index contributed by atoms with van der Waals surface area (Å²) in [6, 6.07) is 0. The number of sulfone groups is 1. The van der Waals surface area contributed by atoms with E-state index in [9.17, 15) is 8.42 Å². The Balaban J connectivity index is 2.16. The van der Waals surface area contributed by atoms with Crippen molar-refractivity contribution in [1.29, 1.82) is 0 Å². The molecule has 0 aliphatic carbocycles. The predicted octanol–water partition coefficient (Wildman–Crippen LogP) is 2.22. The zero-order valence-electron chi connectivity index (χ0n) is 7.90. The van der Waals surface area contributed by atoms with Crippen molar-refractivity contribution in [3.63, 3.8) is 0 Å². The molecule has 1 aliphatic heterocycles. The van der Waals surface area contributed by atoms with Crippen molar-refractivity contribution in [3.05, 3.63) is 11.5 Å². The van der Waals surface area contributed by atoms with Gasteiger partial charge in [-0.15, -0.1) is 0 Å². The van der Waals surface area contributed by atoms with Gasteiger partial charge in [0.25, 0.3) is 0 Å². The molecule has 0 aromatic heterocycles. The fourth-order valence-corrected chi connectivity index (χ4v) is 4.26. The van der Waals surface area contributed by atoms with E-state index in [4.69, 9.17) is 0 Å². The molecule has 13 heavy (non-hydrogen) atoms. The molecule has 1 atom stereocenters. The highest BCUT2D eigenvalue weighted by molar-refractivity contribution is 8.02. The van der Waals surface area contributed by atoms with E-state index in [1.165, 1.54) is 24.7 Å². The van der Waals surface area contributed by atoms with Crippen LogP contribution in [0.4, 0.5) is 0 Å². The Bertz CT molecular complexity index is 267. The summed E-state index contributed by atoms with van der Waals surface area (Å²) in [4.78, 5) is 0. The molecule has 0 saturated heterocycles. The van der Waals surface area contributed by atoms with Crippen LogP contribution in [0.15, 0.2) is 11.5 Å². The maximum atomic E-state index is 11.0. The Kier molecular flexibility index (Phi) is 4.32. The third-order valence-electron chi connectivity index (χ3n) is 1.98. The van der Waals surface area contributed by atoms with Crippen LogP contribution >= 0.6 is 11.8 Å². The minimum atomic E-state index is -2.84. The lowest BCUT2D eigenvalue weighted by atomic mass is 10.3. The van der Waals surface area contributed by atoms with Crippen LogP contribution in [-0.2, 0) is 9.84 Å². The fraction of sp³-hybridized carbons (Fsp3) is 0.778. The van der Waals surface area contributed by atoms with Crippen LogP contribution in [0.5, 0.6) is 0 Å². The second kappa shape index (κ2) is 5.05. The first-order chi connectivity index (χ1) is 6.14. The van der Waals surface area contributed by atoms with E-state index in [0.717, 1.165) is 5.75 Å². The van der Waals surface area contributed by atoms with E-state index in [2.05, 4.69) is 6.92 Å². The normalized spacial score (nSPS) is 25.2. The van der Waals surface area contributed by atoms with Gasteiger partial charge in [0.15, 0.2) is 9.84 Å². The molecule has 0 amide bonds. The lowest BCUT2D eigenvalue weighted by Crippen LogP contribution is -2.07. The van der Waals surface area contributed by atoms with Gasteiger partial charge in [-0.3, -0.25) is 0 Å². The lowest BCUT2D eigenvalue weighted by Gasteiger charge is -2.05. The van der Waals surface area contributed by atoms with Gasteiger partial charge in [0, 0.05) is 10.7 Å². The zero-order valence-corrected chi connectivity index (χ0v) is 9.53. The van der Waals surface area contributed by atoms with Crippen LogP contribution in [0.3, 0.4) is 0 Å². The molecule has 0 aromatic rings. The first-order valence-electron chi connectivity index (χ1n) is 4.66. The summed E-state index contributed by atoms with van der Waals surface area (Å²) in [7, 11) is -2.84. The SMILES string of the molecule is CCCCCSC1C=CS(=O)(=O)C1. The summed E-state index contributed by atoms with van der Waals surface area (Å²) < 4.78 is 22.1. The number of unbranched alkanes of at least 4 members (excludes halogenated alkanes) is 2. The lowest BCUT2D eigenvalue weighted by molar-refractivity contribution is 0.606. The first-order valence-corrected chi connectivity index (χ1v) is 7.43. The molecule has 0 fully saturated rings. The van der Waals surface area contributed by atoms with Gasteiger partial charge < -0.3 is 0 Å². The highest BCUT2D eigenvalue weighted by Crippen LogP contribution is 2.22. The topological polar surface area (TPSA) is 34.1 Å².